The van der Waals surface area contributed by atoms with E-state index in [9.17, 15) is 0 Å². The number of rotatable bonds is 6. The van der Waals surface area contributed by atoms with Crippen molar-refractivity contribution in [3.63, 3.8) is 0 Å². The average Bonchev–Trinajstić information content (AvgIpc) is 3.14. The summed E-state index contributed by atoms with van der Waals surface area (Å²) in [4.78, 5) is 4.61. The van der Waals surface area contributed by atoms with Crippen molar-refractivity contribution in [3.8, 4) is 11.4 Å². The predicted octanol–water partition coefficient (Wildman–Crippen LogP) is 6.29. The molecule has 0 saturated carbocycles. The summed E-state index contributed by atoms with van der Waals surface area (Å²) in [5, 5.41) is 3.38. The van der Waals surface area contributed by atoms with E-state index in [0.29, 0.717) is 0 Å². The second-order valence-corrected chi connectivity index (χ2v) is 6.78. The molecule has 1 heterocycles. The van der Waals surface area contributed by atoms with Gasteiger partial charge in [0.1, 0.15) is 5.75 Å². The Kier molecular flexibility index (Phi) is 5.43. The largest absolute Gasteiger partial charge is 0.497 e. The van der Waals surface area contributed by atoms with E-state index in [0.717, 1.165) is 39.8 Å². The van der Waals surface area contributed by atoms with E-state index in [1.807, 2.05) is 85.1 Å². The fourth-order valence-corrected chi connectivity index (χ4v) is 3.16. The summed E-state index contributed by atoms with van der Waals surface area (Å²) in [6.07, 6.45) is 3.98. The van der Waals surface area contributed by atoms with Gasteiger partial charge < -0.3 is 14.6 Å². The van der Waals surface area contributed by atoms with Crippen LogP contribution in [-0.2, 0) is 0 Å². The molecule has 0 spiro atoms. The highest BCUT2D eigenvalue weighted by atomic mass is 16.5. The summed E-state index contributed by atoms with van der Waals surface area (Å²) >= 11 is 0. The van der Waals surface area contributed by atoms with E-state index in [1.54, 1.807) is 7.11 Å². The van der Waals surface area contributed by atoms with Crippen LogP contribution < -0.4 is 10.1 Å². The molecule has 0 bridgehead atoms. The fourth-order valence-electron chi connectivity index (χ4n) is 3.16. The number of anilines is 2. The summed E-state index contributed by atoms with van der Waals surface area (Å²) in [5.41, 5.74) is 6.33. The standard InChI is InChI=1S/C25H23N3O/c1-19-16-20(18-28(19)24-12-14-25(29-2)15-13-24)17-26-21-8-10-23(11-9-21)27-22-6-4-3-5-7-22/h3-18,27H,1-2H3. The first-order valence-corrected chi connectivity index (χ1v) is 9.51. The van der Waals surface area contributed by atoms with Crippen LogP contribution >= 0.6 is 0 Å². The molecule has 4 aromatic rings. The molecule has 0 aliphatic carbocycles. The number of benzene rings is 3. The molecule has 1 N–H and O–H groups in total. The van der Waals surface area contributed by atoms with E-state index in [2.05, 4.69) is 34.1 Å². The van der Waals surface area contributed by atoms with Crippen LogP contribution in [0.4, 0.5) is 17.1 Å². The first-order valence-electron chi connectivity index (χ1n) is 9.51. The molecular formula is C25H23N3O. The molecule has 0 fully saturated rings. The van der Waals surface area contributed by atoms with Crippen molar-refractivity contribution in [1.82, 2.24) is 4.57 Å². The predicted molar refractivity (Wildman–Crippen MR) is 120 cm³/mol. The lowest BCUT2D eigenvalue weighted by molar-refractivity contribution is 0.414. The third-order valence-electron chi connectivity index (χ3n) is 4.68. The Morgan fingerprint density at radius 2 is 1.55 bits per heavy atom. The van der Waals surface area contributed by atoms with E-state index in [4.69, 9.17) is 4.74 Å². The van der Waals surface area contributed by atoms with Gasteiger partial charge >= 0.3 is 0 Å². The van der Waals surface area contributed by atoms with E-state index in [1.165, 1.54) is 0 Å². The minimum Gasteiger partial charge on any atom is -0.497 e. The zero-order valence-electron chi connectivity index (χ0n) is 16.5. The lowest BCUT2D eigenvalue weighted by atomic mass is 10.2. The third kappa shape index (κ3) is 4.55. The Bertz CT molecular complexity index is 1100. The molecule has 4 heteroatoms. The Hall–Kier alpha value is -3.79. The molecule has 1 aromatic heterocycles. The molecule has 0 amide bonds. The Morgan fingerprint density at radius 3 is 2.24 bits per heavy atom. The molecule has 4 nitrogen and oxygen atoms in total. The highest BCUT2D eigenvalue weighted by Gasteiger charge is 2.03. The van der Waals surface area contributed by atoms with Crippen LogP contribution in [-0.4, -0.2) is 17.9 Å². The lowest BCUT2D eigenvalue weighted by Gasteiger charge is -2.06. The number of hydrogen-bond donors (Lipinski definition) is 1. The summed E-state index contributed by atoms with van der Waals surface area (Å²) in [6, 6.07) is 28.4. The molecular weight excluding hydrogens is 358 g/mol. The summed E-state index contributed by atoms with van der Waals surface area (Å²) in [7, 11) is 1.68. The van der Waals surface area contributed by atoms with Gasteiger partial charge in [0.2, 0.25) is 0 Å². The maximum atomic E-state index is 5.23. The van der Waals surface area contributed by atoms with Gasteiger partial charge in [0, 0.05) is 40.7 Å². The first-order chi connectivity index (χ1) is 14.2. The van der Waals surface area contributed by atoms with Crippen molar-refractivity contribution in [2.24, 2.45) is 4.99 Å². The van der Waals surface area contributed by atoms with E-state index >= 15 is 0 Å². The van der Waals surface area contributed by atoms with Crippen molar-refractivity contribution in [2.45, 2.75) is 6.92 Å². The highest BCUT2D eigenvalue weighted by molar-refractivity contribution is 5.82. The number of methoxy groups -OCH3 is 1. The minimum atomic E-state index is 0.852. The normalized spacial score (nSPS) is 11.0. The number of aliphatic imine (C=N–C) groups is 1. The molecule has 4 rings (SSSR count). The van der Waals surface area contributed by atoms with Gasteiger partial charge in [-0.1, -0.05) is 18.2 Å². The zero-order valence-corrected chi connectivity index (χ0v) is 16.5. The van der Waals surface area contributed by atoms with Gasteiger partial charge in [-0.05, 0) is 73.7 Å². The second-order valence-electron chi connectivity index (χ2n) is 6.78. The number of ether oxygens (including phenoxy) is 1. The molecule has 3 aromatic carbocycles. The topological polar surface area (TPSA) is 38.5 Å². The fraction of sp³-hybridized carbons (Fsp3) is 0.0800. The molecule has 0 atom stereocenters. The van der Waals surface area contributed by atoms with Gasteiger partial charge in [-0.25, -0.2) is 0 Å². The van der Waals surface area contributed by atoms with Crippen LogP contribution in [0.2, 0.25) is 0 Å². The van der Waals surface area contributed by atoms with Crippen molar-refractivity contribution < 1.29 is 4.74 Å². The monoisotopic (exact) mass is 381 g/mol. The maximum absolute atomic E-state index is 5.23. The molecule has 144 valence electrons. The van der Waals surface area contributed by atoms with Gasteiger partial charge in [-0.3, -0.25) is 4.99 Å². The van der Waals surface area contributed by atoms with Crippen LogP contribution in [0, 0.1) is 6.92 Å². The summed E-state index contributed by atoms with van der Waals surface area (Å²) in [6.45, 7) is 2.09. The molecule has 29 heavy (non-hydrogen) atoms. The van der Waals surface area contributed by atoms with Gasteiger partial charge in [-0.2, -0.15) is 0 Å². The molecule has 0 aliphatic heterocycles. The Morgan fingerprint density at radius 1 is 0.862 bits per heavy atom. The number of nitrogens with one attached hydrogen (secondary N) is 1. The van der Waals surface area contributed by atoms with Crippen LogP contribution in [0.3, 0.4) is 0 Å². The minimum absolute atomic E-state index is 0.852. The SMILES string of the molecule is COc1ccc(-n2cc(C=Nc3ccc(Nc4ccccc4)cc3)cc2C)cc1. The van der Waals surface area contributed by atoms with Crippen molar-refractivity contribution in [3.05, 3.63) is 102 Å². The van der Waals surface area contributed by atoms with Gasteiger partial charge in [-0.15, -0.1) is 0 Å². The molecule has 0 unspecified atom stereocenters. The average molecular weight is 381 g/mol. The Labute approximate surface area is 171 Å². The number of para-hydroxylation sites is 1. The lowest BCUT2D eigenvalue weighted by Crippen LogP contribution is -1.94. The summed E-state index contributed by atoms with van der Waals surface area (Å²) in [5.74, 6) is 0.852. The second kappa shape index (κ2) is 8.48. The number of nitrogens with zero attached hydrogens (tertiary/aromatic N) is 2. The molecule has 0 saturated heterocycles. The zero-order chi connectivity index (χ0) is 20.1. The van der Waals surface area contributed by atoms with Crippen LogP contribution in [0.25, 0.3) is 5.69 Å². The first kappa shape index (κ1) is 18.6. The van der Waals surface area contributed by atoms with Gasteiger partial charge in [0.05, 0.1) is 12.8 Å². The Balaban J connectivity index is 1.46. The van der Waals surface area contributed by atoms with Crippen molar-refractivity contribution >= 4 is 23.3 Å². The maximum Gasteiger partial charge on any atom is 0.119 e. The van der Waals surface area contributed by atoms with E-state index < -0.39 is 0 Å². The van der Waals surface area contributed by atoms with Crippen molar-refractivity contribution in [2.75, 3.05) is 12.4 Å². The number of aryl methyl sites for hydroxylation is 1. The quantitative estimate of drug-likeness (QED) is 0.399. The highest BCUT2D eigenvalue weighted by Crippen LogP contribution is 2.21. The van der Waals surface area contributed by atoms with Gasteiger partial charge in [0.15, 0.2) is 0 Å². The van der Waals surface area contributed by atoms with Crippen molar-refractivity contribution in [1.29, 1.82) is 0 Å². The third-order valence-corrected chi connectivity index (χ3v) is 4.68. The van der Waals surface area contributed by atoms with Crippen LogP contribution in [0.15, 0.2) is 96.1 Å². The van der Waals surface area contributed by atoms with E-state index in [-0.39, 0.29) is 0 Å². The van der Waals surface area contributed by atoms with Crippen LogP contribution in [0.1, 0.15) is 11.3 Å². The smallest absolute Gasteiger partial charge is 0.119 e. The van der Waals surface area contributed by atoms with Gasteiger partial charge in [0.25, 0.3) is 0 Å². The number of aromatic nitrogens is 1. The van der Waals surface area contributed by atoms with Crippen LogP contribution in [0.5, 0.6) is 5.75 Å². The summed E-state index contributed by atoms with van der Waals surface area (Å²) < 4.78 is 7.38. The number of hydrogen-bond acceptors (Lipinski definition) is 3. The molecule has 0 aliphatic rings. The molecule has 0 radical (unpaired) electrons.